The SMILES string of the molecule is Fc1ccsc1Cc1ccc(-n2c3ccccc3c3ccccc32)cc1. The number of hydrogen-bond donors (Lipinski definition) is 0. The number of thiophene rings is 1. The number of para-hydroxylation sites is 2. The zero-order chi connectivity index (χ0) is 17.5. The lowest BCUT2D eigenvalue weighted by Crippen LogP contribution is -1.95. The van der Waals surface area contributed by atoms with Gasteiger partial charge in [-0.1, -0.05) is 48.5 Å². The van der Waals surface area contributed by atoms with Crippen LogP contribution in [0.5, 0.6) is 0 Å². The Morgan fingerprint density at radius 1 is 0.731 bits per heavy atom. The van der Waals surface area contributed by atoms with E-state index >= 15 is 0 Å². The molecule has 3 aromatic carbocycles. The molecule has 0 unspecified atom stereocenters. The number of nitrogens with zero attached hydrogens (tertiary/aromatic N) is 1. The summed E-state index contributed by atoms with van der Waals surface area (Å²) >= 11 is 1.47. The maximum Gasteiger partial charge on any atom is 0.137 e. The maximum absolute atomic E-state index is 13.7. The first-order valence-electron chi connectivity index (χ1n) is 8.60. The van der Waals surface area contributed by atoms with Crippen LogP contribution in [0, 0.1) is 5.82 Å². The number of fused-ring (bicyclic) bond motifs is 3. The van der Waals surface area contributed by atoms with Crippen LogP contribution in [0.3, 0.4) is 0 Å². The van der Waals surface area contributed by atoms with Crippen molar-refractivity contribution in [1.82, 2.24) is 4.57 Å². The summed E-state index contributed by atoms with van der Waals surface area (Å²) in [5.74, 6) is -0.110. The predicted octanol–water partition coefficient (Wildman–Crippen LogP) is 6.58. The minimum atomic E-state index is -0.110. The Hall–Kier alpha value is -2.91. The van der Waals surface area contributed by atoms with Crippen molar-refractivity contribution in [2.75, 3.05) is 0 Å². The first kappa shape index (κ1) is 15.4. The van der Waals surface area contributed by atoms with Gasteiger partial charge in [0.2, 0.25) is 0 Å². The first-order valence-corrected chi connectivity index (χ1v) is 9.48. The average molecular weight is 357 g/mol. The first-order chi connectivity index (χ1) is 12.8. The monoisotopic (exact) mass is 357 g/mol. The van der Waals surface area contributed by atoms with Gasteiger partial charge in [-0.25, -0.2) is 4.39 Å². The lowest BCUT2D eigenvalue weighted by molar-refractivity contribution is 0.622. The molecule has 0 atom stereocenters. The molecule has 5 rings (SSSR count). The van der Waals surface area contributed by atoms with Crippen molar-refractivity contribution in [2.24, 2.45) is 0 Å². The van der Waals surface area contributed by atoms with E-state index in [-0.39, 0.29) is 5.82 Å². The highest BCUT2D eigenvalue weighted by Crippen LogP contribution is 2.31. The standard InChI is InChI=1S/C23H16FNS/c24-20-13-14-26-23(20)15-16-9-11-17(12-10-16)25-21-7-3-1-5-18(21)19-6-2-4-8-22(19)25/h1-14H,15H2. The Morgan fingerprint density at radius 3 is 1.92 bits per heavy atom. The van der Waals surface area contributed by atoms with E-state index < -0.39 is 0 Å². The van der Waals surface area contributed by atoms with E-state index in [4.69, 9.17) is 0 Å². The predicted molar refractivity (Wildman–Crippen MR) is 108 cm³/mol. The van der Waals surface area contributed by atoms with E-state index in [1.54, 1.807) is 5.38 Å². The third-order valence-electron chi connectivity index (χ3n) is 4.83. The fourth-order valence-corrected chi connectivity index (χ4v) is 4.38. The Kier molecular flexibility index (Phi) is 3.61. The Balaban J connectivity index is 1.62. The molecule has 0 aliphatic heterocycles. The molecule has 0 aliphatic carbocycles. The average Bonchev–Trinajstić information content (AvgIpc) is 3.24. The molecule has 0 spiro atoms. The van der Waals surface area contributed by atoms with Crippen molar-refractivity contribution in [3.63, 3.8) is 0 Å². The van der Waals surface area contributed by atoms with Gasteiger partial charge in [0.05, 0.1) is 11.0 Å². The lowest BCUT2D eigenvalue weighted by atomic mass is 10.1. The molecule has 3 heteroatoms. The van der Waals surface area contributed by atoms with E-state index in [0.29, 0.717) is 6.42 Å². The van der Waals surface area contributed by atoms with Crippen LogP contribution in [0.25, 0.3) is 27.5 Å². The molecule has 0 amide bonds. The number of halogens is 1. The second-order valence-electron chi connectivity index (χ2n) is 6.40. The Morgan fingerprint density at radius 2 is 1.35 bits per heavy atom. The third kappa shape index (κ3) is 2.44. The molecular weight excluding hydrogens is 341 g/mol. The van der Waals surface area contributed by atoms with E-state index in [1.165, 1.54) is 39.2 Å². The van der Waals surface area contributed by atoms with Crippen molar-refractivity contribution in [3.05, 3.63) is 101 Å². The van der Waals surface area contributed by atoms with Gasteiger partial charge in [0.25, 0.3) is 0 Å². The topological polar surface area (TPSA) is 4.93 Å². The molecule has 0 N–H and O–H groups in total. The van der Waals surface area contributed by atoms with E-state index in [2.05, 4.69) is 77.4 Å². The molecule has 0 saturated heterocycles. The van der Waals surface area contributed by atoms with Crippen LogP contribution in [-0.4, -0.2) is 4.57 Å². The lowest BCUT2D eigenvalue weighted by Gasteiger charge is -2.09. The molecular formula is C23H16FNS. The number of aromatic nitrogens is 1. The van der Waals surface area contributed by atoms with Crippen LogP contribution in [-0.2, 0) is 6.42 Å². The highest BCUT2D eigenvalue weighted by atomic mass is 32.1. The van der Waals surface area contributed by atoms with Gasteiger partial charge in [-0.15, -0.1) is 11.3 Å². The van der Waals surface area contributed by atoms with Crippen LogP contribution in [0.2, 0.25) is 0 Å². The molecule has 0 aliphatic rings. The molecule has 26 heavy (non-hydrogen) atoms. The van der Waals surface area contributed by atoms with Gasteiger partial charge >= 0.3 is 0 Å². The number of hydrogen-bond acceptors (Lipinski definition) is 1. The molecule has 0 bridgehead atoms. The van der Waals surface area contributed by atoms with Gasteiger partial charge in [0.1, 0.15) is 5.82 Å². The summed E-state index contributed by atoms with van der Waals surface area (Å²) in [6.45, 7) is 0. The molecule has 2 aromatic heterocycles. The van der Waals surface area contributed by atoms with Gasteiger partial charge < -0.3 is 4.57 Å². The van der Waals surface area contributed by atoms with Crippen molar-refractivity contribution >= 4 is 33.1 Å². The molecule has 2 heterocycles. The molecule has 1 nitrogen and oxygen atoms in total. The highest BCUT2D eigenvalue weighted by Gasteiger charge is 2.11. The minimum Gasteiger partial charge on any atom is -0.309 e. The Labute approximate surface area is 154 Å². The minimum absolute atomic E-state index is 0.110. The van der Waals surface area contributed by atoms with Gasteiger partial charge in [-0.05, 0) is 41.3 Å². The maximum atomic E-state index is 13.7. The van der Waals surface area contributed by atoms with Gasteiger partial charge in [-0.3, -0.25) is 0 Å². The fourth-order valence-electron chi connectivity index (χ4n) is 3.60. The molecule has 0 radical (unpaired) electrons. The summed E-state index contributed by atoms with van der Waals surface area (Å²) in [6.07, 6.45) is 0.636. The van der Waals surface area contributed by atoms with E-state index in [9.17, 15) is 4.39 Å². The normalized spacial score (nSPS) is 11.4. The zero-order valence-corrected chi connectivity index (χ0v) is 14.8. The van der Waals surface area contributed by atoms with Gasteiger partial charge in [0.15, 0.2) is 0 Å². The summed E-state index contributed by atoms with van der Waals surface area (Å²) in [5, 5.41) is 4.32. The van der Waals surface area contributed by atoms with Crippen LogP contribution in [0.15, 0.2) is 84.2 Å². The van der Waals surface area contributed by atoms with Crippen molar-refractivity contribution < 1.29 is 4.39 Å². The second-order valence-corrected chi connectivity index (χ2v) is 7.41. The summed E-state index contributed by atoms with van der Waals surface area (Å²) < 4.78 is 16.0. The number of benzene rings is 3. The van der Waals surface area contributed by atoms with Crippen LogP contribution >= 0.6 is 11.3 Å². The van der Waals surface area contributed by atoms with Crippen LogP contribution in [0.4, 0.5) is 4.39 Å². The van der Waals surface area contributed by atoms with Crippen molar-refractivity contribution in [2.45, 2.75) is 6.42 Å². The fraction of sp³-hybridized carbons (Fsp3) is 0.0435. The summed E-state index contributed by atoms with van der Waals surface area (Å²) in [4.78, 5) is 0.787. The zero-order valence-electron chi connectivity index (χ0n) is 14.0. The Bertz CT molecular complexity index is 1160. The second kappa shape index (κ2) is 6.11. The molecule has 0 saturated carbocycles. The van der Waals surface area contributed by atoms with Crippen molar-refractivity contribution in [1.29, 1.82) is 0 Å². The molecule has 126 valence electrons. The third-order valence-corrected chi connectivity index (χ3v) is 5.73. The summed E-state index contributed by atoms with van der Waals surface area (Å²) in [5.41, 5.74) is 4.64. The summed E-state index contributed by atoms with van der Waals surface area (Å²) in [6, 6.07) is 26.9. The summed E-state index contributed by atoms with van der Waals surface area (Å²) in [7, 11) is 0. The highest BCUT2D eigenvalue weighted by molar-refractivity contribution is 7.10. The van der Waals surface area contributed by atoms with Crippen LogP contribution in [0.1, 0.15) is 10.4 Å². The number of rotatable bonds is 3. The largest absolute Gasteiger partial charge is 0.309 e. The van der Waals surface area contributed by atoms with E-state index in [0.717, 1.165) is 16.1 Å². The van der Waals surface area contributed by atoms with E-state index in [1.807, 2.05) is 0 Å². The quantitative estimate of drug-likeness (QED) is 0.344. The van der Waals surface area contributed by atoms with Crippen molar-refractivity contribution in [3.8, 4) is 5.69 Å². The van der Waals surface area contributed by atoms with Crippen LogP contribution < -0.4 is 0 Å². The smallest absolute Gasteiger partial charge is 0.137 e. The van der Waals surface area contributed by atoms with Gasteiger partial charge in [0, 0.05) is 27.8 Å². The molecule has 0 fully saturated rings. The van der Waals surface area contributed by atoms with Gasteiger partial charge in [-0.2, -0.15) is 0 Å². The molecule has 5 aromatic rings.